The van der Waals surface area contributed by atoms with E-state index in [1.54, 1.807) is 25.1 Å². The van der Waals surface area contributed by atoms with E-state index >= 15 is 0 Å². The Morgan fingerprint density at radius 3 is 2.43 bits per heavy atom. The van der Waals surface area contributed by atoms with Gasteiger partial charge in [0.05, 0.1) is 18.8 Å². The molecule has 1 atom stereocenters. The Morgan fingerprint density at radius 2 is 1.71 bits per heavy atom. The van der Waals surface area contributed by atoms with Gasteiger partial charge in [-0.05, 0) is 51.1 Å². The van der Waals surface area contributed by atoms with Crippen molar-refractivity contribution in [2.75, 3.05) is 13.2 Å². The highest BCUT2D eigenvalue weighted by Crippen LogP contribution is 2.30. The number of carbonyl (C=O) groups excluding carboxylic acids is 1. The normalized spacial score (nSPS) is 11.7. The van der Waals surface area contributed by atoms with Crippen molar-refractivity contribution in [3.8, 4) is 23.0 Å². The summed E-state index contributed by atoms with van der Waals surface area (Å²) in [6.07, 6.45) is -0.695. The molecular formula is C21H22N2O5. The van der Waals surface area contributed by atoms with Crippen LogP contribution in [0, 0.1) is 0 Å². The van der Waals surface area contributed by atoms with Crippen molar-refractivity contribution >= 4 is 5.97 Å². The van der Waals surface area contributed by atoms with E-state index in [0.29, 0.717) is 36.2 Å². The predicted octanol–water partition coefficient (Wildman–Crippen LogP) is 4.45. The Balaban J connectivity index is 1.72. The minimum Gasteiger partial charge on any atom is -0.490 e. The highest BCUT2D eigenvalue weighted by molar-refractivity contribution is 5.90. The fourth-order valence-electron chi connectivity index (χ4n) is 2.55. The molecule has 0 bridgehead atoms. The number of esters is 1. The molecule has 3 rings (SSSR count). The molecule has 28 heavy (non-hydrogen) atoms. The molecule has 0 spiro atoms. The third-order valence-electron chi connectivity index (χ3n) is 3.87. The molecule has 1 aromatic heterocycles. The highest BCUT2D eigenvalue weighted by atomic mass is 16.6. The van der Waals surface area contributed by atoms with Crippen molar-refractivity contribution in [2.24, 2.45) is 0 Å². The van der Waals surface area contributed by atoms with Crippen molar-refractivity contribution in [3.05, 3.63) is 60.0 Å². The van der Waals surface area contributed by atoms with Crippen LogP contribution in [0.4, 0.5) is 0 Å². The van der Waals surface area contributed by atoms with Gasteiger partial charge in [-0.2, -0.15) is 0 Å². The van der Waals surface area contributed by atoms with Crippen LogP contribution in [0.3, 0.4) is 0 Å². The second kappa shape index (κ2) is 9.03. The van der Waals surface area contributed by atoms with E-state index in [9.17, 15) is 4.79 Å². The first-order valence-corrected chi connectivity index (χ1v) is 9.11. The summed E-state index contributed by atoms with van der Waals surface area (Å²) in [5.74, 6) is 1.16. The minimum absolute atomic E-state index is 0.225. The number of ether oxygens (including phenoxy) is 3. The molecule has 1 heterocycles. The monoisotopic (exact) mass is 382 g/mol. The van der Waals surface area contributed by atoms with E-state index in [0.717, 1.165) is 5.56 Å². The van der Waals surface area contributed by atoms with E-state index in [4.69, 9.17) is 18.6 Å². The van der Waals surface area contributed by atoms with E-state index in [-0.39, 0.29) is 5.89 Å². The van der Waals surface area contributed by atoms with Crippen LogP contribution in [0.2, 0.25) is 0 Å². The first-order valence-electron chi connectivity index (χ1n) is 9.11. The van der Waals surface area contributed by atoms with Crippen molar-refractivity contribution in [3.63, 3.8) is 0 Å². The summed E-state index contributed by atoms with van der Waals surface area (Å²) in [5, 5.41) is 8.00. The van der Waals surface area contributed by atoms with Crippen LogP contribution in [0.1, 0.15) is 43.1 Å². The lowest BCUT2D eigenvalue weighted by molar-refractivity contribution is 0.0279. The van der Waals surface area contributed by atoms with Crippen LogP contribution >= 0.6 is 0 Å². The molecule has 7 nitrogen and oxygen atoms in total. The fraction of sp³-hybridized carbons (Fsp3) is 0.286. The van der Waals surface area contributed by atoms with E-state index < -0.39 is 12.1 Å². The van der Waals surface area contributed by atoms with Crippen molar-refractivity contribution in [1.82, 2.24) is 10.2 Å². The zero-order valence-electron chi connectivity index (χ0n) is 16.0. The summed E-state index contributed by atoms with van der Waals surface area (Å²) in [5.41, 5.74) is 1.15. The largest absolute Gasteiger partial charge is 0.490 e. The third kappa shape index (κ3) is 4.49. The minimum atomic E-state index is -0.695. The molecule has 0 fully saturated rings. The number of aromatic nitrogens is 2. The van der Waals surface area contributed by atoms with Gasteiger partial charge in [0, 0.05) is 5.56 Å². The lowest BCUT2D eigenvalue weighted by Crippen LogP contribution is -2.10. The topological polar surface area (TPSA) is 83.7 Å². The van der Waals surface area contributed by atoms with Gasteiger partial charge in [-0.15, -0.1) is 10.2 Å². The molecule has 146 valence electrons. The fourth-order valence-corrected chi connectivity index (χ4v) is 2.55. The van der Waals surface area contributed by atoms with Crippen molar-refractivity contribution in [1.29, 1.82) is 0 Å². The molecule has 0 aliphatic heterocycles. The maximum absolute atomic E-state index is 12.5. The first-order chi connectivity index (χ1) is 13.6. The van der Waals surface area contributed by atoms with E-state index in [2.05, 4.69) is 10.2 Å². The van der Waals surface area contributed by atoms with Gasteiger partial charge < -0.3 is 18.6 Å². The maximum atomic E-state index is 12.5. The molecule has 3 aromatic rings. The molecule has 0 saturated heterocycles. The van der Waals surface area contributed by atoms with Crippen molar-refractivity contribution < 1.29 is 23.4 Å². The Bertz CT molecular complexity index is 924. The van der Waals surface area contributed by atoms with Gasteiger partial charge in [-0.25, -0.2) is 4.79 Å². The standard InChI is InChI=1S/C21H22N2O5/c1-4-25-17-12-11-16(13-18(17)26-5-2)21(24)27-14(3)19-22-23-20(28-19)15-9-7-6-8-10-15/h6-14H,4-5H2,1-3H3/t14-/m1/s1. The number of nitrogens with zero attached hydrogens (tertiary/aromatic N) is 2. The van der Waals surface area contributed by atoms with Crippen LogP contribution in [0.25, 0.3) is 11.5 Å². The summed E-state index contributed by atoms with van der Waals surface area (Å²) in [6.45, 7) is 6.38. The van der Waals surface area contributed by atoms with Gasteiger partial charge in [-0.3, -0.25) is 0 Å². The summed E-state index contributed by atoms with van der Waals surface area (Å²) in [4.78, 5) is 12.5. The maximum Gasteiger partial charge on any atom is 0.339 e. The Kier molecular flexibility index (Phi) is 6.26. The second-order valence-corrected chi connectivity index (χ2v) is 5.89. The van der Waals surface area contributed by atoms with Gasteiger partial charge in [0.15, 0.2) is 17.6 Å². The Hall–Kier alpha value is -3.35. The molecular weight excluding hydrogens is 360 g/mol. The predicted molar refractivity (Wildman–Crippen MR) is 102 cm³/mol. The lowest BCUT2D eigenvalue weighted by atomic mass is 10.2. The van der Waals surface area contributed by atoms with Gasteiger partial charge in [0.1, 0.15) is 0 Å². The molecule has 0 saturated carbocycles. The lowest BCUT2D eigenvalue weighted by Gasteiger charge is -2.13. The van der Waals surface area contributed by atoms with E-state index in [1.807, 2.05) is 44.2 Å². The molecule has 0 N–H and O–H groups in total. The van der Waals surface area contributed by atoms with Crippen LogP contribution in [0.5, 0.6) is 11.5 Å². The molecule has 7 heteroatoms. The summed E-state index contributed by atoms with van der Waals surface area (Å²) in [7, 11) is 0. The van der Waals surface area contributed by atoms with Gasteiger partial charge >= 0.3 is 5.97 Å². The molecule has 0 aliphatic rings. The third-order valence-corrected chi connectivity index (χ3v) is 3.87. The summed E-state index contributed by atoms with van der Waals surface area (Å²) in [6, 6.07) is 14.3. The number of carbonyl (C=O) groups is 1. The highest BCUT2D eigenvalue weighted by Gasteiger charge is 2.21. The zero-order valence-corrected chi connectivity index (χ0v) is 16.0. The Labute approximate surface area is 163 Å². The molecule has 0 radical (unpaired) electrons. The quantitative estimate of drug-likeness (QED) is 0.532. The van der Waals surface area contributed by atoms with Gasteiger partial charge in [-0.1, -0.05) is 18.2 Å². The van der Waals surface area contributed by atoms with Gasteiger partial charge in [0.25, 0.3) is 5.89 Å². The summed E-state index contributed by atoms with van der Waals surface area (Å²) >= 11 is 0. The van der Waals surface area contributed by atoms with Crippen LogP contribution in [-0.2, 0) is 4.74 Å². The molecule has 0 unspecified atom stereocenters. The van der Waals surface area contributed by atoms with Crippen LogP contribution in [-0.4, -0.2) is 29.4 Å². The molecule has 0 amide bonds. The smallest absolute Gasteiger partial charge is 0.339 e. The number of benzene rings is 2. The average Bonchev–Trinajstić information content (AvgIpc) is 3.21. The average molecular weight is 382 g/mol. The molecule has 2 aromatic carbocycles. The summed E-state index contributed by atoms with van der Waals surface area (Å²) < 4.78 is 22.2. The number of hydrogen-bond acceptors (Lipinski definition) is 7. The van der Waals surface area contributed by atoms with E-state index in [1.165, 1.54) is 0 Å². The zero-order chi connectivity index (χ0) is 19.9. The first kappa shape index (κ1) is 19.4. The molecule has 0 aliphatic carbocycles. The van der Waals surface area contributed by atoms with Crippen LogP contribution in [0.15, 0.2) is 52.9 Å². The van der Waals surface area contributed by atoms with Crippen molar-refractivity contribution in [2.45, 2.75) is 26.9 Å². The Morgan fingerprint density at radius 1 is 1.00 bits per heavy atom. The van der Waals surface area contributed by atoms with Gasteiger partial charge in [0.2, 0.25) is 5.89 Å². The SMILES string of the molecule is CCOc1ccc(C(=O)O[C@H](C)c2nnc(-c3ccccc3)o2)cc1OCC. The number of hydrogen-bond donors (Lipinski definition) is 0. The second-order valence-electron chi connectivity index (χ2n) is 5.89. The number of rotatable bonds is 8. The van der Waals surface area contributed by atoms with Crippen LogP contribution < -0.4 is 9.47 Å².